The molecule has 3 N–H and O–H groups in total. The number of hydrogen-bond acceptors (Lipinski definition) is 4. The molecule has 2 heterocycles. The van der Waals surface area contributed by atoms with Gasteiger partial charge in [0.25, 0.3) is 0 Å². The molecule has 6 heteroatoms. The molecule has 1 aromatic heterocycles. The van der Waals surface area contributed by atoms with Crippen molar-refractivity contribution in [1.82, 2.24) is 9.97 Å². The van der Waals surface area contributed by atoms with E-state index in [-0.39, 0.29) is 18.1 Å². The Hall–Kier alpha value is -3.28. The van der Waals surface area contributed by atoms with E-state index in [1.54, 1.807) is 4.90 Å². The summed E-state index contributed by atoms with van der Waals surface area (Å²) in [7, 11) is 0. The number of anilines is 1. The maximum Gasteiger partial charge on any atom is 0.145 e. The fourth-order valence-corrected chi connectivity index (χ4v) is 3.08. The number of aliphatic hydroxyl groups excluding tert-OH is 1. The first-order valence-electron chi connectivity index (χ1n) is 8.64. The van der Waals surface area contributed by atoms with Gasteiger partial charge >= 0.3 is 0 Å². The van der Waals surface area contributed by atoms with E-state index in [4.69, 9.17) is 10.1 Å². The van der Waals surface area contributed by atoms with Crippen molar-refractivity contribution in [3.8, 4) is 5.75 Å². The van der Waals surface area contributed by atoms with Crippen molar-refractivity contribution in [2.45, 2.75) is 13.3 Å². The zero-order valence-corrected chi connectivity index (χ0v) is 14.5. The predicted molar refractivity (Wildman–Crippen MR) is 103 cm³/mol. The molecule has 0 atom stereocenters. The number of imidazole rings is 1. The van der Waals surface area contributed by atoms with E-state index in [0.717, 1.165) is 28.9 Å². The summed E-state index contributed by atoms with van der Waals surface area (Å²) in [6, 6.07) is 15.2. The minimum Gasteiger partial charge on any atom is -0.509 e. The highest BCUT2D eigenvalue weighted by atomic mass is 16.5. The number of H-pyrrole nitrogens is 1. The molecule has 0 bridgehead atoms. The van der Waals surface area contributed by atoms with Crippen LogP contribution in [0.5, 0.6) is 5.75 Å². The molecule has 4 rings (SSSR count). The van der Waals surface area contributed by atoms with Gasteiger partial charge in [-0.1, -0.05) is 25.1 Å². The number of ether oxygens (including phenoxy) is 1. The SMILES string of the molecule is CCCOc1cccc(N2CC(O)=C(c3nc4ccccc4[nH]3)C2=N)c1. The molecule has 1 aliphatic rings. The monoisotopic (exact) mass is 348 g/mol. The minimum atomic E-state index is 0.133. The molecule has 132 valence electrons. The number of benzene rings is 2. The van der Waals surface area contributed by atoms with Crippen molar-refractivity contribution >= 4 is 28.1 Å². The van der Waals surface area contributed by atoms with Gasteiger partial charge in [0.05, 0.1) is 29.8 Å². The van der Waals surface area contributed by atoms with Gasteiger partial charge in [0.15, 0.2) is 0 Å². The Kier molecular flexibility index (Phi) is 4.08. The van der Waals surface area contributed by atoms with Crippen LogP contribution in [0.2, 0.25) is 0 Å². The molecule has 26 heavy (non-hydrogen) atoms. The van der Waals surface area contributed by atoms with Crippen molar-refractivity contribution in [3.63, 3.8) is 0 Å². The average molecular weight is 348 g/mol. The predicted octanol–water partition coefficient (Wildman–Crippen LogP) is 4.12. The highest BCUT2D eigenvalue weighted by molar-refractivity contribution is 6.30. The van der Waals surface area contributed by atoms with Crippen LogP contribution in [0.25, 0.3) is 16.6 Å². The number of aromatic amines is 1. The second kappa shape index (κ2) is 6.55. The van der Waals surface area contributed by atoms with Crippen molar-refractivity contribution < 1.29 is 9.84 Å². The average Bonchev–Trinajstić information content (AvgIpc) is 3.20. The van der Waals surface area contributed by atoms with Gasteiger partial charge in [-0.2, -0.15) is 0 Å². The lowest BCUT2D eigenvalue weighted by molar-refractivity contribution is 0.317. The van der Waals surface area contributed by atoms with E-state index < -0.39 is 0 Å². The lowest BCUT2D eigenvalue weighted by atomic mass is 10.2. The van der Waals surface area contributed by atoms with E-state index in [1.165, 1.54) is 0 Å². The first-order valence-corrected chi connectivity index (χ1v) is 8.64. The van der Waals surface area contributed by atoms with Crippen LogP contribution in [0.1, 0.15) is 19.2 Å². The number of nitrogens with zero attached hydrogens (tertiary/aromatic N) is 2. The van der Waals surface area contributed by atoms with Crippen LogP contribution in [-0.4, -0.2) is 34.1 Å². The Morgan fingerprint density at radius 2 is 2.08 bits per heavy atom. The quantitative estimate of drug-likeness (QED) is 0.647. The third-order valence-corrected chi connectivity index (χ3v) is 4.33. The summed E-state index contributed by atoms with van der Waals surface area (Å²) in [5, 5.41) is 19.0. The molecular formula is C20H20N4O2. The molecule has 3 aromatic rings. The van der Waals surface area contributed by atoms with Crippen LogP contribution in [0.15, 0.2) is 54.3 Å². The molecular weight excluding hydrogens is 328 g/mol. The topological polar surface area (TPSA) is 85.2 Å². The fraction of sp³-hybridized carbons (Fsp3) is 0.200. The van der Waals surface area contributed by atoms with Crippen molar-refractivity contribution in [2.75, 3.05) is 18.1 Å². The number of hydrogen-bond donors (Lipinski definition) is 3. The van der Waals surface area contributed by atoms with Crippen LogP contribution < -0.4 is 9.64 Å². The first-order chi connectivity index (χ1) is 12.7. The molecule has 0 amide bonds. The van der Waals surface area contributed by atoms with E-state index in [1.807, 2.05) is 48.5 Å². The van der Waals surface area contributed by atoms with Crippen molar-refractivity contribution in [1.29, 1.82) is 5.41 Å². The molecule has 6 nitrogen and oxygen atoms in total. The number of amidine groups is 1. The van der Waals surface area contributed by atoms with E-state index in [9.17, 15) is 5.11 Å². The van der Waals surface area contributed by atoms with Gasteiger partial charge in [-0.3, -0.25) is 5.41 Å². The van der Waals surface area contributed by atoms with Crippen LogP contribution in [0.4, 0.5) is 5.69 Å². The first kappa shape index (κ1) is 16.2. The Morgan fingerprint density at radius 1 is 1.23 bits per heavy atom. The molecule has 0 radical (unpaired) electrons. The van der Waals surface area contributed by atoms with Crippen molar-refractivity contribution in [2.24, 2.45) is 0 Å². The Labute approximate surface area is 151 Å². The van der Waals surface area contributed by atoms with Crippen LogP contribution in [-0.2, 0) is 0 Å². The Balaban J connectivity index is 1.64. The number of aliphatic hydroxyl groups is 1. The number of aromatic nitrogens is 2. The van der Waals surface area contributed by atoms with Gasteiger partial charge in [-0.25, -0.2) is 4.98 Å². The summed E-state index contributed by atoms with van der Waals surface area (Å²) < 4.78 is 5.68. The molecule has 0 spiro atoms. The lowest BCUT2D eigenvalue weighted by Crippen LogP contribution is -2.26. The van der Waals surface area contributed by atoms with E-state index >= 15 is 0 Å². The maximum absolute atomic E-state index is 10.5. The summed E-state index contributed by atoms with van der Waals surface area (Å²) in [5.41, 5.74) is 2.93. The van der Waals surface area contributed by atoms with Gasteiger partial charge in [0.1, 0.15) is 23.2 Å². The van der Waals surface area contributed by atoms with E-state index in [2.05, 4.69) is 16.9 Å². The number of rotatable bonds is 5. The summed E-state index contributed by atoms with van der Waals surface area (Å²) in [4.78, 5) is 9.45. The number of para-hydroxylation sites is 2. The number of nitrogens with one attached hydrogen (secondary N) is 2. The molecule has 0 saturated heterocycles. The van der Waals surface area contributed by atoms with Crippen LogP contribution in [0, 0.1) is 5.41 Å². The zero-order chi connectivity index (χ0) is 18.1. The second-order valence-electron chi connectivity index (χ2n) is 6.20. The highest BCUT2D eigenvalue weighted by Crippen LogP contribution is 2.32. The summed E-state index contributed by atoms with van der Waals surface area (Å²) in [5.74, 6) is 1.62. The highest BCUT2D eigenvalue weighted by Gasteiger charge is 2.31. The van der Waals surface area contributed by atoms with Crippen LogP contribution in [0.3, 0.4) is 0 Å². The summed E-state index contributed by atoms with van der Waals surface area (Å²) >= 11 is 0. The van der Waals surface area contributed by atoms with Gasteiger partial charge < -0.3 is 19.7 Å². The van der Waals surface area contributed by atoms with Gasteiger partial charge in [-0.05, 0) is 30.7 Å². The molecule has 0 fully saturated rings. The second-order valence-corrected chi connectivity index (χ2v) is 6.20. The summed E-state index contributed by atoms with van der Waals surface area (Å²) in [6.45, 7) is 2.94. The third-order valence-electron chi connectivity index (χ3n) is 4.33. The normalized spacial score (nSPS) is 14.5. The largest absolute Gasteiger partial charge is 0.509 e. The molecule has 0 aliphatic carbocycles. The van der Waals surface area contributed by atoms with Gasteiger partial charge in [0, 0.05) is 11.8 Å². The Bertz CT molecular complexity index is 973. The summed E-state index contributed by atoms with van der Waals surface area (Å²) in [6.07, 6.45) is 0.933. The van der Waals surface area contributed by atoms with Crippen LogP contribution >= 0.6 is 0 Å². The fourth-order valence-electron chi connectivity index (χ4n) is 3.08. The molecule has 2 aromatic carbocycles. The standard InChI is InChI=1S/C20H20N4O2/c1-2-10-26-14-7-5-6-13(11-14)24-12-17(25)18(19(24)21)20-22-15-8-3-4-9-16(15)23-20/h3-9,11,21,25H,2,10,12H2,1H3,(H,22,23). The van der Waals surface area contributed by atoms with Gasteiger partial charge in [0.2, 0.25) is 0 Å². The van der Waals surface area contributed by atoms with E-state index in [0.29, 0.717) is 18.0 Å². The minimum absolute atomic E-state index is 0.133. The van der Waals surface area contributed by atoms with Gasteiger partial charge in [-0.15, -0.1) is 0 Å². The Morgan fingerprint density at radius 3 is 2.88 bits per heavy atom. The third kappa shape index (κ3) is 2.79. The molecule has 0 unspecified atom stereocenters. The zero-order valence-electron chi connectivity index (χ0n) is 14.5. The molecule has 0 saturated carbocycles. The molecule has 1 aliphatic heterocycles. The number of fused-ring (bicyclic) bond motifs is 1. The smallest absolute Gasteiger partial charge is 0.145 e. The van der Waals surface area contributed by atoms with Crippen molar-refractivity contribution in [3.05, 3.63) is 60.1 Å². The maximum atomic E-state index is 10.5. The lowest BCUT2D eigenvalue weighted by Gasteiger charge is -2.19.